The highest BCUT2D eigenvalue weighted by Gasteiger charge is 2.16. The molecule has 1 aliphatic heterocycles. The summed E-state index contributed by atoms with van der Waals surface area (Å²) in [6.07, 6.45) is 2.67. The summed E-state index contributed by atoms with van der Waals surface area (Å²) in [6.45, 7) is 4.55. The van der Waals surface area contributed by atoms with Gasteiger partial charge in [-0.1, -0.05) is 0 Å². The predicted octanol–water partition coefficient (Wildman–Crippen LogP) is 1.32. The topological polar surface area (TPSA) is 80.1 Å². The summed E-state index contributed by atoms with van der Waals surface area (Å²) in [6, 6.07) is 1.50. The van der Waals surface area contributed by atoms with Crippen molar-refractivity contribution < 1.29 is 4.92 Å². The maximum Gasteiger partial charge on any atom is 0.277 e. The quantitative estimate of drug-likeness (QED) is 0.608. The minimum absolute atomic E-state index is 0.118. The van der Waals surface area contributed by atoms with Gasteiger partial charge in [-0.15, -0.1) is 0 Å². The van der Waals surface area contributed by atoms with Gasteiger partial charge in [0, 0.05) is 18.3 Å². The number of nitro groups is 1. The third kappa shape index (κ3) is 2.91. The Kier molecular flexibility index (Phi) is 3.53. The van der Waals surface area contributed by atoms with Crippen molar-refractivity contribution in [3.05, 3.63) is 27.9 Å². The van der Waals surface area contributed by atoms with Gasteiger partial charge in [0.1, 0.15) is 5.82 Å². The van der Waals surface area contributed by atoms with Crippen LogP contribution >= 0.6 is 0 Å². The number of pyridine rings is 1. The highest BCUT2D eigenvalue weighted by atomic mass is 16.6. The van der Waals surface area contributed by atoms with Gasteiger partial charge in [-0.25, -0.2) is 4.98 Å². The normalized spacial score (nSPS) is 19.2. The lowest BCUT2D eigenvalue weighted by Crippen LogP contribution is -2.17. The van der Waals surface area contributed by atoms with E-state index in [1.807, 2.05) is 0 Å². The average Bonchev–Trinajstić information content (AvgIpc) is 2.80. The zero-order valence-corrected chi connectivity index (χ0v) is 9.77. The first-order chi connectivity index (χ1) is 8.16. The van der Waals surface area contributed by atoms with Crippen LogP contribution in [-0.4, -0.2) is 29.5 Å². The molecular formula is C11H16N4O2. The highest BCUT2D eigenvalue weighted by molar-refractivity contribution is 5.48. The van der Waals surface area contributed by atoms with Crippen LogP contribution < -0.4 is 10.6 Å². The molecule has 1 saturated heterocycles. The van der Waals surface area contributed by atoms with Crippen molar-refractivity contribution in [2.75, 3.05) is 25.0 Å². The van der Waals surface area contributed by atoms with Crippen LogP contribution in [0.4, 0.5) is 11.5 Å². The van der Waals surface area contributed by atoms with E-state index >= 15 is 0 Å². The summed E-state index contributed by atoms with van der Waals surface area (Å²) in [5.74, 6) is 1.16. The smallest absolute Gasteiger partial charge is 0.277 e. The Morgan fingerprint density at radius 2 is 2.53 bits per heavy atom. The van der Waals surface area contributed by atoms with E-state index in [1.54, 1.807) is 6.92 Å². The number of aryl methyl sites for hydroxylation is 1. The second kappa shape index (κ2) is 5.09. The zero-order chi connectivity index (χ0) is 12.3. The molecule has 0 aliphatic carbocycles. The van der Waals surface area contributed by atoms with Gasteiger partial charge in [0.25, 0.3) is 5.69 Å². The van der Waals surface area contributed by atoms with Gasteiger partial charge in [0.05, 0.1) is 11.0 Å². The van der Waals surface area contributed by atoms with Gasteiger partial charge in [-0.05, 0) is 32.4 Å². The standard InChI is InChI=1S/C11H16N4O2/c1-8-5-13-11(4-10(8)15(16)17)14-7-9-2-3-12-6-9/h4-5,9,12H,2-3,6-7H2,1H3,(H,13,14). The largest absolute Gasteiger partial charge is 0.370 e. The molecule has 17 heavy (non-hydrogen) atoms. The monoisotopic (exact) mass is 236 g/mol. The molecule has 1 atom stereocenters. The molecule has 6 heteroatoms. The number of hydrogen-bond donors (Lipinski definition) is 2. The van der Waals surface area contributed by atoms with E-state index < -0.39 is 0 Å². The van der Waals surface area contributed by atoms with E-state index in [0.717, 1.165) is 26.1 Å². The first kappa shape index (κ1) is 11.8. The minimum Gasteiger partial charge on any atom is -0.370 e. The fourth-order valence-electron chi connectivity index (χ4n) is 1.94. The zero-order valence-electron chi connectivity index (χ0n) is 9.77. The van der Waals surface area contributed by atoms with Crippen LogP contribution in [0, 0.1) is 23.0 Å². The molecule has 1 unspecified atom stereocenters. The molecule has 1 fully saturated rings. The molecule has 0 aromatic carbocycles. The average molecular weight is 236 g/mol. The van der Waals surface area contributed by atoms with Crippen molar-refractivity contribution >= 4 is 11.5 Å². The lowest BCUT2D eigenvalue weighted by Gasteiger charge is -2.10. The fraction of sp³-hybridized carbons (Fsp3) is 0.545. The molecule has 0 amide bonds. The maximum atomic E-state index is 10.8. The first-order valence-electron chi connectivity index (χ1n) is 5.72. The Morgan fingerprint density at radius 3 is 3.18 bits per heavy atom. The Hall–Kier alpha value is -1.69. The molecule has 0 saturated carbocycles. The van der Waals surface area contributed by atoms with Crippen molar-refractivity contribution in [1.82, 2.24) is 10.3 Å². The summed E-state index contributed by atoms with van der Waals surface area (Å²) >= 11 is 0. The third-order valence-corrected chi connectivity index (χ3v) is 3.01. The summed E-state index contributed by atoms with van der Waals surface area (Å²) in [7, 11) is 0. The van der Waals surface area contributed by atoms with E-state index in [4.69, 9.17) is 0 Å². The van der Waals surface area contributed by atoms with E-state index in [2.05, 4.69) is 15.6 Å². The van der Waals surface area contributed by atoms with Crippen LogP contribution in [0.3, 0.4) is 0 Å². The van der Waals surface area contributed by atoms with Crippen LogP contribution in [0.2, 0.25) is 0 Å². The molecule has 1 aromatic heterocycles. The minimum atomic E-state index is -0.376. The summed E-state index contributed by atoms with van der Waals surface area (Å²) in [5, 5.41) is 17.2. The molecule has 0 bridgehead atoms. The van der Waals surface area contributed by atoms with Crippen molar-refractivity contribution in [3.8, 4) is 0 Å². The van der Waals surface area contributed by atoms with Crippen molar-refractivity contribution in [3.63, 3.8) is 0 Å². The predicted molar refractivity (Wildman–Crippen MR) is 65.1 cm³/mol. The second-order valence-electron chi connectivity index (χ2n) is 4.35. The number of aromatic nitrogens is 1. The van der Waals surface area contributed by atoms with Gasteiger partial charge < -0.3 is 10.6 Å². The third-order valence-electron chi connectivity index (χ3n) is 3.01. The van der Waals surface area contributed by atoms with E-state index in [-0.39, 0.29) is 10.6 Å². The Morgan fingerprint density at radius 1 is 1.71 bits per heavy atom. The molecule has 6 nitrogen and oxygen atoms in total. The maximum absolute atomic E-state index is 10.8. The number of nitrogens with zero attached hydrogens (tertiary/aromatic N) is 2. The van der Waals surface area contributed by atoms with Gasteiger partial charge in [-0.2, -0.15) is 0 Å². The molecule has 2 N–H and O–H groups in total. The first-order valence-corrected chi connectivity index (χ1v) is 5.72. The summed E-state index contributed by atoms with van der Waals surface area (Å²) in [5.41, 5.74) is 0.704. The molecule has 0 radical (unpaired) electrons. The van der Waals surface area contributed by atoms with Crippen LogP contribution in [0.25, 0.3) is 0 Å². The molecule has 92 valence electrons. The van der Waals surface area contributed by atoms with Crippen LogP contribution in [-0.2, 0) is 0 Å². The van der Waals surface area contributed by atoms with Crippen LogP contribution in [0.1, 0.15) is 12.0 Å². The van der Waals surface area contributed by atoms with E-state index in [9.17, 15) is 10.1 Å². The van der Waals surface area contributed by atoms with Crippen molar-refractivity contribution in [2.24, 2.45) is 5.92 Å². The van der Waals surface area contributed by atoms with Gasteiger partial charge in [0.2, 0.25) is 0 Å². The van der Waals surface area contributed by atoms with Crippen LogP contribution in [0.5, 0.6) is 0 Å². The van der Waals surface area contributed by atoms with Crippen molar-refractivity contribution in [2.45, 2.75) is 13.3 Å². The van der Waals surface area contributed by atoms with E-state index in [1.165, 1.54) is 12.3 Å². The molecular weight excluding hydrogens is 220 g/mol. The SMILES string of the molecule is Cc1cnc(NCC2CCNC2)cc1[N+](=O)[O-]. The van der Waals surface area contributed by atoms with Gasteiger partial charge >= 0.3 is 0 Å². The van der Waals surface area contributed by atoms with Crippen LogP contribution in [0.15, 0.2) is 12.3 Å². The molecule has 0 spiro atoms. The number of anilines is 1. The number of rotatable bonds is 4. The highest BCUT2D eigenvalue weighted by Crippen LogP contribution is 2.20. The second-order valence-corrected chi connectivity index (χ2v) is 4.35. The molecule has 2 heterocycles. The van der Waals surface area contributed by atoms with Gasteiger partial charge in [0.15, 0.2) is 0 Å². The van der Waals surface area contributed by atoms with E-state index in [0.29, 0.717) is 17.3 Å². The Bertz CT molecular complexity index is 416. The fourth-order valence-corrected chi connectivity index (χ4v) is 1.94. The number of hydrogen-bond acceptors (Lipinski definition) is 5. The van der Waals surface area contributed by atoms with Crippen molar-refractivity contribution in [1.29, 1.82) is 0 Å². The molecule has 1 aliphatic rings. The Balaban J connectivity index is 2.00. The number of nitrogens with one attached hydrogen (secondary N) is 2. The lowest BCUT2D eigenvalue weighted by atomic mass is 10.1. The van der Waals surface area contributed by atoms with Gasteiger partial charge in [-0.3, -0.25) is 10.1 Å². The summed E-state index contributed by atoms with van der Waals surface area (Å²) in [4.78, 5) is 14.5. The summed E-state index contributed by atoms with van der Waals surface area (Å²) < 4.78 is 0. The lowest BCUT2D eigenvalue weighted by molar-refractivity contribution is -0.385. The molecule has 2 rings (SSSR count). The Labute approximate surface area is 99.6 Å². The molecule has 1 aromatic rings.